The van der Waals surface area contributed by atoms with Crippen LogP contribution < -0.4 is 9.47 Å². The molecule has 1 aliphatic heterocycles. The average Bonchev–Trinajstić information content (AvgIpc) is 3.16. The van der Waals surface area contributed by atoms with Crippen LogP contribution in [0.4, 0.5) is 5.69 Å². The molecule has 4 rings (SSSR count). The number of nitro benzene ring substituents is 1. The highest BCUT2D eigenvalue weighted by Crippen LogP contribution is 2.36. The predicted octanol–water partition coefficient (Wildman–Crippen LogP) is 5.23. The number of hydrogen-bond acceptors (Lipinski definition) is 7. The Hall–Kier alpha value is -4.06. The van der Waals surface area contributed by atoms with Gasteiger partial charge < -0.3 is 9.47 Å². The molecule has 0 saturated carbocycles. The summed E-state index contributed by atoms with van der Waals surface area (Å²) >= 11 is 2.11. The maximum Gasteiger partial charge on any atom is 0.283 e. The second-order valence-corrected chi connectivity index (χ2v) is 8.94. The SMILES string of the molecule is COc1cc(/C=C2/C(=O)N(C(=O)c3ccccc3)N=C2C)cc(I)c1OCc1ccc([N+](=O)[O-])cc1. The number of amides is 2. The lowest BCUT2D eigenvalue weighted by Crippen LogP contribution is -2.29. The van der Waals surface area contributed by atoms with Crippen molar-refractivity contribution in [1.29, 1.82) is 0 Å². The van der Waals surface area contributed by atoms with Crippen LogP contribution in [0.1, 0.15) is 28.4 Å². The van der Waals surface area contributed by atoms with E-state index in [0.717, 1.165) is 14.1 Å². The first-order valence-corrected chi connectivity index (χ1v) is 11.8. The maximum atomic E-state index is 13.0. The number of rotatable bonds is 7. The molecule has 182 valence electrons. The van der Waals surface area contributed by atoms with Crippen LogP contribution in [-0.4, -0.2) is 34.6 Å². The van der Waals surface area contributed by atoms with Gasteiger partial charge in [0.05, 0.1) is 26.9 Å². The van der Waals surface area contributed by atoms with Crippen molar-refractivity contribution in [3.8, 4) is 11.5 Å². The number of hydrogen-bond donors (Lipinski definition) is 0. The van der Waals surface area contributed by atoms with Gasteiger partial charge in [-0.1, -0.05) is 18.2 Å². The topological polar surface area (TPSA) is 111 Å². The van der Waals surface area contributed by atoms with E-state index in [4.69, 9.17) is 9.47 Å². The molecule has 0 fully saturated rings. The summed E-state index contributed by atoms with van der Waals surface area (Å²) in [7, 11) is 1.51. The summed E-state index contributed by atoms with van der Waals surface area (Å²) in [5, 5.41) is 15.9. The van der Waals surface area contributed by atoms with Gasteiger partial charge in [-0.05, 0) is 83.1 Å². The van der Waals surface area contributed by atoms with Gasteiger partial charge in [-0.2, -0.15) is 10.1 Å². The summed E-state index contributed by atoms with van der Waals surface area (Å²) in [5.41, 5.74) is 2.54. The Morgan fingerprint density at radius 1 is 1.14 bits per heavy atom. The Labute approximate surface area is 220 Å². The van der Waals surface area contributed by atoms with Crippen molar-refractivity contribution in [1.82, 2.24) is 5.01 Å². The van der Waals surface area contributed by atoms with Crippen LogP contribution in [0.25, 0.3) is 6.08 Å². The van der Waals surface area contributed by atoms with Crippen LogP contribution in [-0.2, 0) is 11.4 Å². The number of non-ortho nitro benzene ring substituents is 1. The summed E-state index contributed by atoms with van der Waals surface area (Å²) in [4.78, 5) is 36.1. The van der Waals surface area contributed by atoms with Gasteiger partial charge >= 0.3 is 0 Å². The van der Waals surface area contributed by atoms with E-state index in [1.165, 1.54) is 19.2 Å². The van der Waals surface area contributed by atoms with Crippen molar-refractivity contribution in [2.24, 2.45) is 5.10 Å². The number of ether oxygens (including phenoxy) is 2. The number of methoxy groups -OCH3 is 1. The molecule has 3 aromatic rings. The van der Waals surface area contributed by atoms with E-state index < -0.39 is 16.7 Å². The standard InChI is InChI=1S/C26H20IN3O6/c1-16-21(26(32)29(28-16)25(31)19-6-4-3-5-7-19)12-18-13-22(27)24(23(14-18)35-2)36-15-17-8-10-20(11-9-17)30(33)34/h3-14H,15H2,1-2H3/b21-12+. The van der Waals surface area contributed by atoms with Gasteiger partial charge in [-0.15, -0.1) is 0 Å². The molecule has 3 aromatic carbocycles. The van der Waals surface area contributed by atoms with Crippen molar-refractivity contribution in [2.45, 2.75) is 13.5 Å². The van der Waals surface area contributed by atoms with Crippen molar-refractivity contribution in [3.63, 3.8) is 0 Å². The Morgan fingerprint density at radius 2 is 1.83 bits per heavy atom. The number of carbonyl (C=O) groups is 2. The lowest BCUT2D eigenvalue weighted by atomic mass is 10.1. The lowest BCUT2D eigenvalue weighted by Gasteiger charge is -2.14. The molecular weight excluding hydrogens is 577 g/mol. The summed E-state index contributed by atoms with van der Waals surface area (Å²) in [5.74, 6) is -0.0464. The first-order valence-electron chi connectivity index (χ1n) is 10.7. The quantitative estimate of drug-likeness (QED) is 0.121. The van der Waals surface area contributed by atoms with Gasteiger partial charge in [-0.3, -0.25) is 19.7 Å². The second-order valence-electron chi connectivity index (χ2n) is 7.78. The van der Waals surface area contributed by atoms with E-state index in [1.807, 2.05) is 6.07 Å². The van der Waals surface area contributed by atoms with Crippen molar-refractivity contribution < 1.29 is 24.0 Å². The molecule has 0 unspecified atom stereocenters. The van der Waals surface area contributed by atoms with Crippen LogP contribution in [0.2, 0.25) is 0 Å². The third-order valence-electron chi connectivity index (χ3n) is 5.37. The molecule has 0 aromatic heterocycles. The molecule has 36 heavy (non-hydrogen) atoms. The third kappa shape index (κ3) is 5.28. The summed E-state index contributed by atoms with van der Waals surface area (Å²) in [6.45, 7) is 1.86. The van der Waals surface area contributed by atoms with E-state index in [9.17, 15) is 19.7 Å². The minimum Gasteiger partial charge on any atom is -0.493 e. The minimum absolute atomic E-state index is 0.00706. The fourth-order valence-corrected chi connectivity index (χ4v) is 4.31. The van der Waals surface area contributed by atoms with Gasteiger partial charge in [0, 0.05) is 17.7 Å². The van der Waals surface area contributed by atoms with Gasteiger partial charge in [-0.25, -0.2) is 0 Å². The van der Waals surface area contributed by atoms with Gasteiger partial charge in [0.1, 0.15) is 6.61 Å². The second kappa shape index (κ2) is 10.7. The van der Waals surface area contributed by atoms with Crippen LogP contribution in [0, 0.1) is 13.7 Å². The van der Waals surface area contributed by atoms with E-state index in [0.29, 0.717) is 33.9 Å². The smallest absolute Gasteiger partial charge is 0.283 e. The molecule has 1 heterocycles. The fraction of sp³-hybridized carbons (Fsp3) is 0.115. The Kier molecular flexibility index (Phi) is 7.44. The Balaban J connectivity index is 1.55. The average molecular weight is 597 g/mol. The molecule has 0 radical (unpaired) electrons. The molecule has 2 amide bonds. The van der Waals surface area contributed by atoms with Gasteiger partial charge in [0.2, 0.25) is 0 Å². The number of benzene rings is 3. The zero-order valence-electron chi connectivity index (χ0n) is 19.3. The van der Waals surface area contributed by atoms with Crippen molar-refractivity contribution in [2.75, 3.05) is 7.11 Å². The van der Waals surface area contributed by atoms with Crippen molar-refractivity contribution >= 4 is 51.9 Å². The number of hydrazone groups is 1. The highest BCUT2D eigenvalue weighted by molar-refractivity contribution is 14.1. The summed E-state index contributed by atoms with van der Waals surface area (Å²) in [6, 6.07) is 18.1. The fourth-order valence-electron chi connectivity index (χ4n) is 3.52. The van der Waals surface area contributed by atoms with Crippen LogP contribution in [0.3, 0.4) is 0 Å². The number of nitro groups is 1. The molecule has 1 aliphatic rings. The van der Waals surface area contributed by atoms with E-state index >= 15 is 0 Å². The Bertz CT molecular complexity index is 1400. The summed E-state index contributed by atoms with van der Waals surface area (Å²) < 4.78 is 12.2. The largest absolute Gasteiger partial charge is 0.493 e. The lowest BCUT2D eigenvalue weighted by molar-refractivity contribution is -0.384. The zero-order valence-corrected chi connectivity index (χ0v) is 21.5. The number of carbonyl (C=O) groups excluding carboxylic acids is 2. The van der Waals surface area contributed by atoms with Gasteiger partial charge in [0.15, 0.2) is 11.5 Å². The highest BCUT2D eigenvalue weighted by atomic mass is 127. The van der Waals surface area contributed by atoms with Crippen molar-refractivity contribution in [3.05, 3.63) is 103 Å². The molecule has 0 saturated heterocycles. The summed E-state index contributed by atoms with van der Waals surface area (Å²) in [6.07, 6.45) is 1.66. The number of imide groups is 1. The number of halogens is 1. The number of nitrogens with zero attached hydrogens (tertiary/aromatic N) is 3. The van der Waals surface area contributed by atoms with Crippen LogP contribution in [0.5, 0.6) is 11.5 Å². The molecule has 0 aliphatic carbocycles. The first kappa shape index (κ1) is 25.0. The van der Waals surface area contributed by atoms with Crippen LogP contribution >= 0.6 is 22.6 Å². The predicted molar refractivity (Wildman–Crippen MR) is 142 cm³/mol. The minimum atomic E-state index is -0.506. The zero-order chi connectivity index (χ0) is 25.8. The van der Waals surface area contributed by atoms with Crippen LogP contribution in [0.15, 0.2) is 77.4 Å². The molecule has 9 nitrogen and oxygen atoms in total. The molecule has 0 bridgehead atoms. The van der Waals surface area contributed by atoms with Gasteiger partial charge in [0.25, 0.3) is 17.5 Å². The first-order chi connectivity index (χ1) is 17.3. The maximum absolute atomic E-state index is 13.0. The normalized spacial score (nSPS) is 14.1. The molecule has 0 atom stereocenters. The molecular formula is C26H20IN3O6. The highest BCUT2D eigenvalue weighted by Gasteiger charge is 2.33. The van der Waals surface area contributed by atoms with E-state index in [2.05, 4.69) is 27.7 Å². The molecule has 0 N–H and O–H groups in total. The molecule has 0 spiro atoms. The monoisotopic (exact) mass is 597 g/mol. The third-order valence-corrected chi connectivity index (χ3v) is 6.17. The molecule has 10 heteroatoms. The Morgan fingerprint density at radius 3 is 2.47 bits per heavy atom. The van der Waals surface area contributed by atoms with E-state index in [1.54, 1.807) is 61.5 Å². The van der Waals surface area contributed by atoms with E-state index in [-0.39, 0.29) is 12.3 Å².